The molecule has 1 aliphatic rings. The zero-order valence-electron chi connectivity index (χ0n) is 16.0. The van der Waals surface area contributed by atoms with E-state index in [2.05, 4.69) is 91.5 Å². The van der Waals surface area contributed by atoms with Gasteiger partial charge in [0.15, 0.2) is 0 Å². The molecule has 0 saturated heterocycles. The van der Waals surface area contributed by atoms with Gasteiger partial charge in [0.25, 0.3) is 0 Å². The molecule has 3 rings (SSSR count). The average molecular weight is 337 g/mol. The van der Waals surface area contributed by atoms with E-state index in [0.717, 1.165) is 13.1 Å². The lowest BCUT2D eigenvalue weighted by molar-refractivity contribution is 0.0568. The van der Waals surface area contributed by atoms with Gasteiger partial charge in [0.1, 0.15) is 0 Å². The van der Waals surface area contributed by atoms with Crippen molar-refractivity contribution >= 4 is 0 Å². The summed E-state index contributed by atoms with van der Waals surface area (Å²) in [6, 6.07) is 22.5. The van der Waals surface area contributed by atoms with Crippen molar-refractivity contribution in [3.63, 3.8) is 0 Å². The van der Waals surface area contributed by atoms with Crippen LogP contribution in [0, 0.1) is 0 Å². The van der Waals surface area contributed by atoms with E-state index in [1.807, 2.05) is 0 Å². The van der Waals surface area contributed by atoms with Crippen LogP contribution in [0.25, 0.3) is 0 Å². The van der Waals surface area contributed by atoms with E-state index < -0.39 is 0 Å². The van der Waals surface area contributed by atoms with Crippen LogP contribution < -0.4 is 0 Å². The highest BCUT2D eigenvalue weighted by molar-refractivity contribution is 5.17. The lowest BCUT2D eigenvalue weighted by Crippen LogP contribution is -2.48. The zero-order chi connectivity index (χ0) is 17.7. The maximum Gasteiger partial charge on any atom is 0.0240 e. The highest BCUT2D eigenvalue weighted by Gasteiger charge is 2.34. The Morgan fingerprint density at radius 2 is 1.24 bits per heavy atom. The standard InChI is InChI=1S/C23H32N2/c1-23(24(2)3)16-14-22(15-17-23)25(18-20-10-6-4-7-11-20)19-21-12-8-5-9-13-21/h4-13,22H,14-19H2,1-3H3. The van der Waals surface area contributed by atoms with E-state index >= 15 is 0 Å². The molecule has 2 aromatic rings. The van der Waals surface area contributed by atoms with Gasteiger partial charge in [0, 0.05) is 24.7 Å². The molecule has 1 fully saturated rings. The van der Waals surface area contributed by atoms with E-state index in [4.69, 9.17) is 0 Å². The Morgan fingerprint density at radius 3 is 1.64 bits per heavy atom. The van der Waals surface area contributed by atoms with Crippen molar-refractivity contribution in [3.05, 3.63) is 71.8 Å². The maximum atomic E-state index is 2.69. The molecule has 0 unspecified atom stereocenters. The van der Waals surface area contributed by atoms with E-state index in [9.17, 15) is 0 Å². The second-order valence-electron chi connectivity index (χ2n) is 8.00. The molecule has 0 aromatic heterocycles. The van der Waals surface area contributed by atoms with Gasteiger partial charge in [-0.25, -0.2) is 0 Å². The minimum absolute atomic E-state index is 0.363. The SMILES string of the molecule is CN(C)C1(C)CCC(N(Cc2ccccc2)Cc2ccccc2)CC1. The molecule has 0 aliphatic heterocycles. The van der Waals surface area contributed by atoms with Gasteiger partial charge >= 0.3 is 0 Å². The topological polar surface area (TPSA) is 6.48 Å². The molecule has 0 radical (unpaired) electrons. The van der Waals surface area contributed by atoms with Gasteiger partial charge in [-0.3, -0.25) is 4.90 Å². The fraction of sp³-hybridized carbons (Fsp3) is 0.478. The molecule has 0 atom stereocenters. The van der Waals surface area contributed by atoms with Crippen molar-refractivity contribution < 1.29 is 0 Å². The smallest absolute Gasteiger partial charge is 0.0240 e. The van der Waals surface area contributed by atoms with Crippen LogP contribution in [-0.2, 0) is 13.1 Å². The highest BCUT2D eigenvalue weighted by atomic mass is 15.2. The van der Waals surface area contributed by atoms with Crippen molar-refractivity contribution in [2.75, 3.05) is 14.1 Å². The fourth-order valence-corrected chi connectivity index (χ4v) is 3.99. The van der Waals surface area contributed by atoms with Crippen LogP contribution >= 0.6 is 0 Å². The summed E-state index contributed by atoms with van der Waals surface area (Å²) in [5, 5.41) is 0. The molecule has 0 N–H and O–H groups in total. The van der Waals surface area contributed by atoms with Crippen LogP contribution in [0.3, 0.4) is 0 Å². The van der Waals surface area contributed by atoms with Gasteiger partial charge in [0.05, 0.1) is 0 Å². The Balaban J connectivity index is 1.72. The van der Waals surface area contributed by atoms with Gasteiger partial charge in [-0.1, -0.05) is 60.7 Å². The van der Waals surface area contributed by atoms with Crippen LogP contribution in [0.2, 0.25) is 0 Å². The summed E-state index contributed by atoms with van der Waals surface area (Å²) in [6.45, 7) is 4.50. The van der Waals surface area contributed by atoms with Crippen LogP contribution in [0.15, 0.2) is 60.7 Å². The fourth-order valence-electron chi connectivity index (χ4n) is 3.99. The van der Waals surface area contributed by atoms with E-state index in [-0.39, 0.29) is 0 Å². The van der Waals surface area contributed by atoms with E-state index in [1.54, 1.807) is 0 Å². The second-order valence-corrected chi connectivity index (χ2v) is 8.00. The monoisotopic (exact) mass is 336 g/mol. The maximum absolute atomic E-state index is 2.69. The molecule has 0 amide bonds. The summed E-state index contributed by atoms with van der Waals surface area (Å²) in [6.07, 6.45) is 5.14. The third-order valence-electron chi connectivity index (χ3n) is 6.09. The largest absolute Gasteiger partial charge is 0.304 e. The van der Waals surface area contributed by atoms with E-state index in [0.29, 0.717) is 11.6 Å². The first-order valence-corrected chi connectivity index (χ1v) is 9.56. The number of hydrogen-bond donors (Lipinski definition) is 0. The minimum Gasteiger partial charge on any atom is -0.304 e. The normalized spacial score (nSPS) is 24.0. The third kappa shape index (κ3) is 4.71. The molecule has 0 bridgehead atoms. The van der Waals surface area contributed by atoms with Gasteiger partial charge in [-0.05, 0) is 57.8 Å². The van der Waals surface area contributed by atoms with Crippen molar-refractivity contribution in [2.24, 2.45) is 0 Å². The Kier molecular flexibility index (Phi) is 5.93. The molecule has 2 heteroatoms. The second kappa shape index (κ2) is 8.16. The summed E-state index contributed by atoms with van der Waals surface area (Å²) in [7, 11) is 4.46. The molecule has 2 aromatic carbocycles. The first-order chi connectivity index (χ1) is 12.1. The third-order valence-corrected chi connectivity index (χ3v) is 6.09. The first-order valence-electron chi connectivity index (χ1n) is 9.56. The van der Waals surface area contributed by atoms with E-state index in [1.165, 1.54) is 36.8 Å². The Bertz CT molecular complexity index is 586. The van der Waals surface area contributed by atoms with Crippen LogP contribution in [0.4, 0.5) is 0 Å². The summed E-state index contributed by atoms with van der Waals surface area (Å²) in [5.74, 6) is 0. The molecule has 0 spiro atoms. The van der Waals surface area contributed by atoms with Crippen LogP contribution in [-0.4, -0.2) is 35.5 Å². The lowest BCUT2D eigenvalue weighted by Gasteiger charge is -2.45. The van der Waals surface area contributed by atoms with Gasteiger partial charge in [-0.2, -0.15) is 0 Å². The molecular formula is C23H32N2. The average Bonchev–Trinajstić information content (AvgIpc) is 2.63. The molecule has 1 saturated carbocycles. The number of rotatable bonds is 6. The van der Waals surface area contributed by atoms with Gasteiger partial charge < -0.3 is 4.90 Å². The Morgan fingerprint density at radius 1 is 0.800 bits per heavy atom. The highest BCUT2D eigenvalue weighted by Crippen LogP contribution is 2.35. The minimum atomic E-state index is 0.363. The predicted molar refractivity (Wildman–Crippen MR) is 106 cm³/mol. The number of nitrogens with zero attached hydrogens (tertiary/aromatic N) is 2. The zero-order valence-corrected chi connectivity index (χ0v) is 16.0. The summed E-state index contributed by atoms with van der Waals surface area (Å²) in [4.78, 5) is 5.11. The molecule has 25 heavy (non-hydrogen) atoms. The predicted octanol–water partition coefficient (Wildman–Crippen LogP) is 4.95. The first kappa shape index (κ1) is 18.2. The summed E-state index contributed by atoms with van der Waals surface area (Å²) < 4.78 is 0. The summed E-state index contributed by atoms with van der Waals surface area (Å²) >= 11 is 0. The van der Waals surface area contributed by atoms with Crippen LogP contribution in [0.1, 0.15) is 43.7 Å². The quantitative estimate of drug-likeness (QED) is 0.736. The van der Waals surface area contributed by atoms with Crippen molar-refractivity contribution in [1.29, 1.82) is 0 Å². The van der Waals surface area contributed by atoms with Crippen molar-refractivity contribution in [2.45, 2.75) is 57.3 Å². The van der Waals surface area contributed by atoms with Gasteiger partial charge in [-0.15, -0.1) is 0 Å². The molecule has 1 aliphatic carbocycles. The molecule has 0 heterocycles. The van der Waals surface area contributed by atoms with Crippen molar-refractivity contribution in [3.8, 4) is 0 Å². The Hall–Kier alpha value is -1.64. The molecule has 134 valence electrons. The molecule has 2 nitrogen and oxygen atoms in total. The van der Waals surface area contributed by atoms with Crippen molar-refractivity contribution in [1.82, 2.24) is 9.80 Å². The van der Waals surface area contributed by atoms with Crippen LogP contribution in [0.5, 0.6) is 0 Å². The lowest BCUT2D eigenvalue weighted by atomic mass is 9.79. The number of hydrogen-bond acceptors (Lipinski definition) is 2. The molecular weight excluding hydrogens is 304 g/mol. The van der Waals surface area contributed by atoms with Gasteiger partial charge in [0.2, 0.25) is 0 Å². The Labute approximate surface area is 153 Å². The summed E-state index contributed by atoms with van der Waals surface area (Å²) in [5.41, 5.74) is 3.19. The number of benzene rings is 2.